The molecule has 1 nitrogen and oxygen atoms in total. The zero-order valence-corrected chi connectivity index (χ0v) is 7.46. The van der Waals surface area contributed by atoms with Gasteiger partial charge in [0.15, 0.2) is 0 Å². The van der Waals surface area contributed by atoms with Crippen LogP contribution in [0.3, 0.4) is 0 Å². The van der Waals surface area contributed by atoms with Crippen molar-refractivity contribution in [1.29, 1.82) is 0 Å². The van der Waals surface area contributed by atoms with Crippen LogP contribution in [-0.4, -0.2) is 6.54 Å². The average Bonchev–Trinajstić information content (AvgIpc) is 2.08. The molecule has 2 atom stereocenters. The van der Waals surface area contributed by atoms with Crippen molar-refractivity contribution in [3.8, 4) is 0 Å². The fourth-order valence-corrected chi connectivity index (χ4v) is 2.32. The first-order valence-electron chi connectivity index (χ1n) is 4.67. The molecule has 1 aromatic carbocycles. The highest BCUT2D eigenvalue weighted by molar-refractivity contribution is 5.44. The topological polar surface area (TPSA) is 26.0 Å². The summed E-state index contributed by atoms with van der Waals surface area (Å²) >= 11 is 0. The molecule has 0 fully saturated rings. The van der Waals surface area contributed by atoms with Crippen molar-refractivity contribution in [3.05, 3.63) is 35.4 Å². The van der Waals surface area contributed by atoms with Gasteiger partial charge in [-0.15, -0.1) is 0 Å². The van der Waals surface area contributed by atoms with E-state index in [0.717, 1.165) is 12.5 Å². The Kier molecular flexibility index (Phi) is 1.89. The Morgan fingerprint density at radius 2 is 1.75 bits per heavy atom. The molecule has 1 heteroatoms. The molecule has 0 amide bonds. The lowest BCUT2D eigenvalue weighted by Gasteiger charge is -2.38. The van der Waals surface area contributed by atoms with E-state index in [1.807, 2.05) is 0 Å². The highest BCUT2D eigenvalue weighted by Crippen LogP contribution is 2.47. The van der Waals surface area contributed by atoms with Crippen LogP contribution in [0.25, 0.3) is 0 Å². The van der Waals surface area contributed by atoms with Crippen LogP contribution < -0.4 is 5.73 Å². The summed E-state index contributed by atoms with van der Waals surface area (Å²) in [7, 11) is 0. The minimum atomic E-state index is 0.631. The molecule has 0 heterocycles. The second-order valence-corrected chi connectivity index (χ2v) is 3.49. The van der Waals surface area contributed by atoms with E-state index < -0.39 is 0 Å². The molecule has 2 rings (SSSR count). The third-order valence-electron chi connectivity index (χ3n) is 2.97. The summed E-state index contributed by atoms with van der Waals surface area (Å²) in [6.45, 7) is 3.04. The van der Waals surface area contributed by atoms with Gasteiger partial charge in [0.1, 0.15) is 0 Å². The smallest absolute Gasteiger partial charge is 0.00328 e. The molecule has 2 unspecified atom stereocenters. The summed E-state index contributed by atoms with van der Waals surface area (Å²) < 4.78 is 0. The van der Waals surface area contributed by atoms with Crippen LogP contribution in [0.15, 0.2) is 24.3 Å². The van der Waals surface area contributed by atoms with E-state index in [9.17, 15) is 0 Å². The summed E-state index contributed by atoms with van der Waals surface area (Å²) in [4.78, 5) is 0. The van der Waals surface area contributed by atoms with Gasteiger partial charge in [-0.25, -0.2) is 0 Å². The molecular weight excluding hydrogens is 146 g/mol. The van der Waals surface area contributed by atoms with E-state index in [2.05, 4.69) is 31.2 Å². The third kappa shape index (κ3) is 0.896. The first-order valence-corrected chi connectivity index (χ1v) is 4.67. The first-order chi connectivity index (χ1) is 5.88. The van der Waals surface area contributed by atoms with E-state index in [1.165, 1.54) is 17.5 Å². The van der Waals surface area contributed by atoms with E-state index in [0.29, 0.717) is 5.92 Å². The normalized spacial score (nSPS) is 26.2. The molecule has 1 aliphatic rings. The van der Waals surface area contributed by atoms with Gasteiger partial charge >= 0.3 is 0 Å². The van der Waals surface area contributed by atoms with Crippen LogP contribution in [0.1, 0.15) is 36.3 Å². The Morgan fingerprint density at radius 3 is 2.25 bits per heavy atom. The first kappa shape index (κ1) is 7.81. The Labute approximate surface area is 73.6 Å². The molecule has 1 aromatic rings. The van der Waals surface area contributed by atoms with E-state index in [4.69, 9.17) is 5.73 Å². The highest BCUT2D eigenvalue weighted by Gasteiger charge is 2.34. The largest absolute Gasteiger partial charge is 0.330 e. The molecule has 0 saturated heterocycles. The van der Waals surface area contributed by atoms with Gasteiger partial charge in [-0.2, -0.15) is 0 Å². The van der Waals surface area contributed by atoms with Crippen molar-refractivity contribution >= 4 is 0 Å². The number of nitrogens with two attached hydrogens (primary N) is 1. The van der Waals surface area contributed by atoms with Crippen molar-refractivity contribution in [3.63, 3.8) is 0 Å². The van der Waals surface area contributed by atoms with Gasteiger partial charge < -0.3 is 5.73 Å². The van der Waals surface area contributed by atoms with Crippen LogP contribution in [0, 0.1) is 0 Å². The summed E-state index contributed by atoms with van der Waals surface area (Å²) in [5.74, 6) is 1.36. The predicted octanol–water partition coefficient (Wildman–Crippen LogP) is 2.24. The summed E-state index contributed by atoms with van der Waals surface area (Å²) in [6, 6.07) is 8.66. The maximum atomic E-state index is 5.71. The molecule has 0 aromatic heterocycles. The Balaban J connectivity index is 2.34. The minimum Gasteiger partial charge on any atom is -0.330 e. The second-order valence-electron chi connectivity index (χ2n) is 3.49. The number of hydrogen-bond acceptors (Lipinski definition) is 1. The fourth-order valence-electron chi connectivity index (χ4n) is 2.32. The molecule has 0 bridgehead atoms. The Morgan fingerprint density at radius 1 is 1.17 bits per heavy atom. The standard InChI is InChI=1S/C11H15N/c1-2-8-9-5-3-4-6-10(9)11(8)7-12/h3-6,8,11H,2,7,12H2,1H3. The molecular formula is C11H15N. The van der Waals surface area contributed by atoms with Crippen molar-refractivity contribution < 1.29 is 0 Å². The lowest BCUT2D eigenvalue weighted by molar-refractivity contribution is 0.464. The lowest BCUT2D eigenvalue weighted by atomic mass is 9.67. The van der Waals surface area contributed by atoms with Gasteiger partial charge in [0, 0.05) is 5.92 Å². The molecule has 0 spiro atoms. The fraction of sp³-hybridized carbons (Fsp3) is 0.455. The number of fused-ring (bicyclic) bond motifs is 1. The lowest BCUT2D eigenvalue weighted by Crippen LogP contribution is -2.29. The van der Waals surface area contributed by atoms with Gasteiger partial charge in [0.25, 0.3) is 0 Å². The summed E-state index contributed by atoms with van der Waals surface area (Å²) in [5, 5.41) is 0. The summed E-state index contributed by atoms with van der Waals surface area (Å²) in [6.07, 6.45) is 1.22. The SMILES string of the molecule is CCC1c2ccccc2C1CN. The van der Waals surface area contributed by atoms with Crippen LogP contribution in [-0.2, 0) is 0 Å². The van der Waals surface area contributed by atoms with E-state index >= 15 is 0 Å². The quantitative estimate of drug-likeness (QED) is 0.707. The molecule has 0 saturated carbocycles. The minimum absolute atomic E-state index is 0.631. The molecule has 0 aliphatic heterocycles. The van der Waals surface area contributed by atoms with E-state index in [-0.39, 0.29) is 0 Å². The van der Waals surface area contributed by atoms with Gasteiger partial charge in [0.2, 0.25) is 0 Å². The number of rotatable bonds is 2. The Bertz CT molecular complexity index is 251. The number of hydrogen-bond donors (Lipinski definition) is 1. The van der Waals surface area contributed by atoms with Gasteiger partial charge in [-0.3, -0.25) is 0 Å². The Hall–Kier alpha value is -0.820. The predicted molar refractivity (Wildman–Crippen MR) is 51.3 cm³/mol. The third-order valence-corrected chi connectivity index (χ3v) is 2.97. The maximum absolute atomic E-state index is 5.71. The van der Waals surface area contributed by atoms with Gasteiger partial charge in [-0.1, -0.05) is 31.2 Å². The van der Waals surface area contributed by atoms with Crippen LogP contribution in [0.5, 0.6) is 0 Å². The van der Waals surface area contributed by atoms with Crippen LogP contribution in [0.2, 0.25) is 0 Å². The summed E-state index contributed by atoms with van der Waals surface area (Å²) in [5.41, 5.74) is 8.72. The molecule has 64 valence electrons. The van der Waals surface area contributed by atoms with Gasteiger partial charge in [-0.05, 0) is 30.0 Å². The molecule has 1 aliphatic carbocycles. The monoisotopic (exact) mass is 161 g/mol. The zero-order valence-electron chi connectivity index (χ0n) is 7.46. The second kappa shape index (κ2) is 2.91. The van der Waals surface area contributed by atoms with Crippen LogP contribution >= 0.6 is 0 Å². The highest BCUT2D eigenvalue weighted by atomic mass is 14.6. The van der Waals surface area contributed by atoms with E-state index in [1.54, 1.807) is 0 Å². The average molecular weight is 161 g/mol. The maximum Gasteiger partial charge on any atom is 0.00328 e. The van der Waals surface area contributed by atoms with Crippen molar-refractivity contribution in [2.45, 2.75) is 25.2 Å². The molecule has 0 radical (unpaired) electrons. The van der Waals surface area contributed by atoms with Crippen molar-refractivity contribution in [1.82, 2.24) is 0 Å². The number of benzene rings is 1. The van der Waals surface area contributed by atoms with Crippen molar-refractivity contribution in [2.75, 3.05) is 6.54 Å². The molecule has 2 N–H and O–H groups in total. The zero-order chi connectivity index (χ0) is 8.55. The van der Waals surface area contributed by atoms with Gasteiger partial charge in [0.05, 0.1) is 0 Å². The van der Waals surface area contributed by atoms with Crippen LogP contribution in [0.4, 0.5) is 0 Å². The molecule has 12 heavy (non-hydrogen) atoms. The van der Waals surface area contributed by atoms with Crippen molar-refractivity contribution in [2.24, 2.45) is 5.73 Å².